The molecule has 1 aromatic rings. The van der Waals surface area contributed by atoms with Crippen molar-refractivity contribution in [2.45, 2.75) is 18.8 Å². The lowest BCUT2D eigenvalue weighted by molar-refractivity contribution is -0.0742. The number of hydrogen-bond donors (Lipinski definition) is 1. The highest BCUT2D eigenvalue weighted by Crippen LogP contribution is 2.30. The summed E-state index contributed by atoms with van der Waals surface area (Å²) in [7, 11) is 0. The Morgan fingerprint density at radius 2 is 2.36 bits per heavy atom. The monoisotopic (exact) mass is 217 g/mol. The molecule has 2 unspecified atom stereocenters. The van der Waals surface area contributed by atoms with Crippen LogP contribution in [0, 0.1) is 0 Å². The number of nitrogens with two attached hydrogens (primary N) is 1. The molecule has 5 heteroatoms. The Morgan fingerprint density at radius 3 is 3.00 bits per heavy atom. The van der Waals surface area contributed by atoms with Crippen molar-refractivity contribution in [1.29, 1.82) is 0 Å². The van der Waals surface area contributed by atoms with Gasteiger partial charge in [-0.15, -0.1) is 0 Å². The summed E-state index contributed by atoms with van der Waals surface area (Å²) in [5.74, 6) is 0.606. The summed E-state index contributed by atoms with van der Waals surface area (Å²) in [5, 5.41) is 0.342. The Balaban J connectivity index is 1.95. The van der Waals surface area contributed by atoms with Crippen LogP contribution in [0.5, 0.6) is 0 Å². The summed E-state index contributed by atoms with van der Waals surface area (Å²) in [6.07, 6.45) is 0.429. The van der Waals surface area contributed by atoms with Crippen LogP contribution in [0.1, 0.15) is 18.5 Å². The molecule has 4 nitrogen and oxygen atoms in total. The third-order valence-electron chi connectivity index (χ3n) is 2.06. The molecule has 2 heterocycles. The normalized spacial score (nSPS) is 27.0. The van der Waals surface area contributed by atoms with Crippen molar-refractivity contribution in [3.63, 3.8) is 0 Å². The first kappa shape index (κ1) is 9.98. The van der Waals surface area contributed by atoms with E-state index in [1.807, 2.05) is 0 Å². The number of halogens is 1. The molecule has 0 aromatic carbocycles. The Labute approximate surface area is 86.9 Å². The summed E-state index contributed by atoms with van der Waals surface area (Å²) >= 11 is 5.64. The van der Waals surface area contributed by atoms with Crippen molar-refractivity contribution >= 4 is 11.6 Å². The minimum atomic E-state index is -0.431. The van der Waals surface area contributed by atoms with E-state index in [0.29, 0.717) is 24.1 Å². The van der Waals surface area contributed by atoms with Crippen LogP contribution in [0.2, 0.25) is 5.22 Å². The maximum Gasteiger partial charge on any atom is 0.217 e. The van der Waals surface area contributed by atoms with E-state index in [0.717, 1.165) is 6.42 Å². The number of furan rings is 1. The Bertz CT molecular complexity index is 302. The molecule has 0 aliphatic carbocycles. The average Bonchev–Trinajstić information content (AvgIpc) is 2.74. The van der Waals surface area contributed by atoms with E-state index in [-0.39, 0.29) is 6.10 Å². The fraction of sp³-hybridized carbons (Fsp3) is 0.556. The molecule has 1 aliphatic rings. The highest BCUT2D eigenvalue weighted by Gasteiger charge is 2.28. The second-order valence-corrected chi connectivity index (χ2v) is 3.52. The van der Waals surface area contributed by atoms with Crippen LogP contribution in [0.3, 0.4) is 0 Å². The first-order chi connectivity index (χ1) is 6.79. The smallest absolute Gasteiger partial charge is 0.217 e. The van der Waals surface area contributed by atoms with Crippen LogP contribution in [-0.4, -0.2) is 19.3 Å². The molecule has 2 atom stereocenters. The maximum atomic E-state index is 5.64. The summed E-state index contributed by atoms with van der Waals surface area (Å²) in [6.45, 7) is 1.15. The minimum absolute atomic E-state index is 0.0638. The second-order valence-electron chi connectivity index (χ2n) is 3.14. The Morgan fingerprint density at radius 1 is 1.50 bits per heavy atom. The van der Waals surface area contributed by atoms with Gasteiger partial charge in [0.25, 0.3) is 0 Å². The van der Waals surface area contributed by atoms with Crippen molar-refractivity contribution in [1.82, 2.24) is 0 Å². The van der Waals surface area contributed by atoms with Gasteiger partial charge in [0.05, 0.1) is 12.7 Å². The molecule has 0 amide bonds. The zero-order valence-electron chi connectivity index (χ0n) is 7.61. The molecule has 0 saturated carbocycles. The van der Waals surface area contributed by atoms with E-state index >= 15 is 0 Å². The van der Waals surface area contributed by atoms with E-state index in [1.54, 1.807) is 12.1 Å². The molecule has 14 heavy (non-hydrogen) atoms. The number of ether oxygens (including phenoxy) is 2. The van der Waals surface area contributed by atoms with Gasteiger partial charge in [0.1, 0.15) is 0 Å². The van der Waals surface area contributed by atoms with Crippen LogP contribution in [0.15, 0.2) is 16.5 Å². The lowest BCUT2D eigenvalue weighted by Gasteiger charge is -2.07. The fourth-order valence-corrected chi connectivity index (χ4v) is 1.54. The molecule has 0 spiro atoms. The lowest BCUT2D eigenvalue weighted by atomic mass is 10.3. The van der Waals surface area contributed by atoms with E-state index in [4.69, 9.17) is 31.2 Å². The highest BCUT2D eigenvalue weighted by molar-refractivity contribution is 6.28. The van der Waals surface area contributed by atoms with E-state index in [2.05, 4.69) is 0 Å². The first-order valence-electron chi connectivity index (χ1n) is 4.52. The van der Waals surface area contributed by atoms with Crippen molar-refractivity contribution in [2.24, 2.45) is 5.73 Å². The maximum absolute atomic E-state index is 5.64. The quantitative estimate of drug-likeness (QED) is 0.837. The molecular weight excluding hydrogens is 206 g/mol. The molecule has 1 aliphatic heterocycles. The summed E-state index contributed by atoms with van der Waals surface area (Å²) in [6, 6.07) is 3.41. The van der Waals surface area contributed by atoms with E-state index in [1.165, 1.54) is 0 Å². The van der Waals surface area contributed by atoms with Gasteiger partial charge in [-0.2, -0.15) is 0 Å². The van der Waals surface area contributed by atoms with Gasteiger partial charge >= 0.3 is 0 Å². The predicted molar refractivity (Wildman–Crippen MR) is 51.0 cm³/mol. The molecule has 1 fully saturated rings. The summed E-state index contributed by atoms with van der Waals surface area (Å²) in [5.41, 5.74) is 5.42. The van der Waals surface area contributed by atoms with Crippen molar-refractivity contribution in [2.75, 3.05) is 13.2 Å². The largest absolute Gasteiger partial charge is 0.444 e. The van der Waals surface area contributed by atoms with E-state index in [9.17, 15) is 0 Å². The number of hydrogen-bond acceptors (Lipinski definition) is 4. The van der Waals surface area contributed by atoms with Gasteiger partial charge < -0.3 is 19.6 Å². The zero-order valence-corrected chi connectivity index (χ0v) is 8.37. The average molecular weight is 218 g/mol. The molecule has 1 aromatic heterocycles. The third kappa shape index (κ3) is 2.09. The van der Waals surface area contributed by atoms with Gasteiger partial charge in [-0.1, -0.05) is 0 Å². The van der Waals surface area contributed by atoms with Gasteiger partial charge in [-0.05, 0) is 36.7 Å². The van der Waals surface area contributed by atoms with Crippen LogP contribution < -0.4 is 5.73 Å². The van der Waals surface area contributed by atoms with Gasteiger partial charge in [0, 0.05) is 0 Å². The molecule has 1 saturated heterocycles. The lowest BCUT2D eigenvalue weighted by Crippen LogP contribution is -2.15. The van der Waals surface area contributed by atoms with Crippen LogP contribution in [0.4, 0.5) is 0 Å². The van der Waals surface area contributed by atoms with Crippen molar-refractivity contribution < 1.29 is 13.9 Å². The van der Waals surface area contributed by atoms with Gasteiger partial charge in [0.15, 0.2) is 11.0 Å². The Kier molecular flexibility index (Phi) is 3.08. The van der Waals surface area contributed by atoms with E-state index < -0.39 is 6.29 Å². The Hall–Kier alpha value is -0.550. The third-order valence-corrected chi connectivity index (χ3v) is 2.27. The SMILES string of the molecule is NCCC1COC(c2ccc(Cl)o2)O1. The first-order valence-corrected chi connectivity index (χ1v) is 4.90. The minimum Gasteiger partial charge on any atom is -0.444 e. The molecule has 2 rings (SSSR count). The standard InChI is InChI=1S/C9H12ClNO3/c10-8-2-1-7(14-8)9-12-5-6(13-9)3-4-11/h1-2,6,9H,3-5,11H2. The topological polar surface area (TPSA) is 57.6 Å². The van der Waals surface area contributed by atoms with Crippen molar-refractivity contribution in [3.05, 3.63) is 23.1 Å². The van der Waals surface area contributed by atoms with Crippen LogP contribution >= 0.6 is 11.6 Å². The van der Waals surface area contributed by atoms with Crippen molar-refractivity contribution in [3.8, 4) is 0 Å². The summed E-state index contributed by atoms with van der Waals surface area (Å²) in [4.78, 5) is 0. The molecule has 2 N–H and O–H groups in total. The number of rotatable bonds is 3. The zero-order chi connectivity index (χ0) is 9.97. The van der Waals surface area contributed by atoms with Gasteiger partial charge in [0.2, 0.25) is 6.29 Å². The van der Waals surface area contributed by atoms with Gasteiger partial charge in [-0.3, -0.25) is 0 Å². The molecular formula is C9H12ClNO3. The van der Waals surface area contributed by atoms with Gasteiger partial charge in [-0.25, -0.2) is 0 Å². The molecule has 0 radical (unpaired) electrons. The van der Waals surface area contributed by atoms with Crippen LogP contribution in [0.25, 0.3) is 0 Å². The predicted octanol–water partition coefficient (Wildman–Crippen LogP) is 1.70. The van der Waals surface area contributed by atoms with Crippen LogP contribution in [-0.2, 0) is 9.47 Å². The molecule has 0 bridgehead atoms. The fourth-order valence-electron chi connectivity index (χ4n) is 1.39. The summed E-state index contributed by atoms with van der Waals surface area (Å²) < 4.78 is 16.1. The molecule has 78 valence electrons. The highest BCUT2D eigenvalue weighted by atomic mass is 35.5. The second kappa shape index (κ2) is 4.31.